The van der Waals surface area contributed by atoms with Gasteiger partial charge in [0.25, 0.3) is 0 Å². The Morgan fingerprint density at radius 1 is 1.09 bits per heavy atom. The van der Waals surface area contributed by atoms with Gasteiger partial charge in [-0.2, -0.15) is 0 Å². The van der Waals surface area contributed by atoms with Crippen molar-refractivity contribution in [1.29, 1.82) is 0 Å². The first-order valence-corrected chi connectivity index (χ1v) is 7.14. The second-order valence-electron chi connectivity index (χ2n) is 4.77. The van der Waals surface area contributed by atoms with E-state index in [1.807, 2.05) is 0 Å². The molecule has 2 aromatic rings. The third-order valence-corrected chi connectivity index (χ3v) is 3.22. The predicted molar refractivity (Wildman–Crippen MR) is 87.7 cm³/mol. The number of ether oxygens (including phenoxy) is 2. The van der Waals surface area contributed by atoms with Crippen molar-refractivity contribution >= 4 is 17.3 Å². The molecule has 0 heterocycles. The quantitative estimate of drug-likeness (QED) is 0.822. The molecule has 1 amide bonds. The molecule has 122 valence electrons. The Labute approximate surface area is 134 Å². The summed E-state index contributed by atoms with van der Waals surface area (Å²) in [5.74, 6) is 0.608. The van der Waals surface area contributed by atoms with Crippen LogP contribution in [0.15, 0.2) is 42.5 Å². The number of benzene rings is 2. The molecule has 0 radical (unpaired) electrons. The van der Waals surface area contributed by atoms with Crippen molar-refractivity contribution in [3.05, 3.63) is 48.3 Å². The van der Waals surface area contributed by atoms with Crippen molar-refractivity contribution in [3.8, 4) is 11.5 Å². The Hall–Kier alpha value is -2.76. The van der Waals surface area contributed by atoms with Crippen LogP contribution in [0.5, 0.6) is 11.5 Å². The van der Waals surface area contributed by atoms with Crippen LogP contribution in [-0.4, -0.2) is 26.7 Å². The zero-order valence-corrected chi connectivity index (χ0v) is 13.1. The van der Waals surface area contributed by atoms with Gasteiger partial charge in [0.1, 0.15) is 17.3 Å². The molecule has 6 heteroatoms. The minimum atomic E-state index is -0.455. The van der Waals surface area contributed by atoms with Crippen LogP contribution in [0.3, 0.4) is 0 Å². The number of anilines is 2. The number of carbonyl (C=O) groups is 1. The van der Waals surface area contributed by atoms with E-state index in [0.29, 0.717) is 18.0 Å². The molecule has 0 aliphatic carbocycles. The second-order valence-corrected chi connectivity index (χ2v) is 4.77. The number of hydrogen-bond donors (Lipinski definition) is 2. The summed E-state index contributed by atoms with van der Waals surface area (Å²) >= 11 is 0. The molecule has 0 atom stereocenters. The minimum absolute atomic E-state index is 0.177. The largest absolute Gasteiger partial charge is 0.497 e. The summed E-state index contributed by atoms with van der Waals surface area (Å²) in [7, 11) is 3.14. The Balaban J connectivity index is 1.89. The van der Waals surface area contributed by atoms with Gasteiger partial charge in [0, 0.05) is 19.0 Å². The molecule has 0 aromatic heterocycles. The van der Waals surface area contributed by atoms with Crippen molar-refractivity contribution in [2.75, 3.05) is 31.4 Å². The molecule has 0 saturated carbocycles. The fourth-order valence-electron chi connectivity index (χ4n) is 2.04. The smallest absolute Gasteiger partial charge is 0.226 e. The van der Waals surface area contributed by atoms with E-state index in [-0.39, 0.29) is 18.0 Å². The lowest BCUT2D eigenvalue weighted by Crippen LogP contribution is -2.17. The summed E-state index contributed by atoms with van der Waals surface area (Å²) < 4.78 is 23.9. The molecule has 0 fully saturated rings. The monoisotopic (exact) mass is 318 g/mol. The van der Waals surface area contributed by atoms with E-state index in [4.69, 9.17) is 9.47 Å². The highest BCUT2D eigenvalue weighted by atomic mass is 19.1. The zero-order valence-electron chi connectivity index (χ0n) is 13.1. The van der Waals surface area contributed by atoms with Gasteiger partial charge < -0.3 is 20.1 Å². The van der Waals surface area contributed by atoms with Gasteiger partial charge in [-0.05, 0) is 24.3 Å². The standard InChI is InChI=1S/C17H19FN2O3/c1-22-12-7-8-16(23-2)15(11-12)19-10-9-17(21)20-14-6-4-3-5-13(14)18/h3-8,11,19H,9-10H2,1-2H3,(H,20,21). The Morgan fingerprint density at radius 2 is 1.87 bits per heavy atom. The number of halogens is 1. The molecule has 23 heavy (non-hydrogen) atoms. The van der Waals surface area contributed by atoms with Crippen LogP contribution in [0.1, 0.15) is 6.42 Å². The highest BCUT2D eigenvalue weighted by Crippen LogP contribution is 2.28. The summed E-state index contributed by atoms with van der Waals surface area (Å²) in [5.41, 5.74) is 0.905. The maximum absolute atomic E-state index is 13.5. The van der Waals surface area contributed by atoms with Crippen molar-refractivity contribution < 1.29 is 18.7 Å². The molecule has 0 spiro atoms. The van der Waals surface area contributed by atoms with Crippen LogP contribution < -0.4 is 20.1 Å². The summed E-state index contributed by atoms with van der Waals surface area (Å²) in [6.07, 6.45) is 0.189. The molecule has 2 N–H and O–H groups in total. The van der Waals surface area contributed by atoms with Crippen molar-refractivity contribution in [2.45, 2.75) is 6.42 Å². The van der Waals surface area contributed by atoms with Gasteiger partial charge in [0.05, 0.1) is 25.6 Å². The number of carbonyl (C=O) groups excluding carboxylic acids is 1. The number of methoxy groups -OCH3 is 2. The first-order valence-electron chi connectivity index (χ1n) is 7.14. The number of amides is 1. The van der Waals surface area contributed by atoms with Crippen molar-refractivity contribution in [1.82, 2.24) is 0 Å². The van der Waals surface area contributed by atoms with E-state index < -0.39 is 5.82 Å². The first kappa shape index (κ1) is 16.6. The van der Waals surface area contributed by atoms with Gasteiger partial charge in [-0.15, -0.1) is 0 Å². The van der Waals surface area contributed by atoms with Crippen LogP contribution in [0, 0.1) is 5.82 Å². The topological polar surface area (TPSA) is 59.6 Å². The van der Waals surface area contributed by atoms with Crippen LogP contribution in [0.25, 0.3) is 0 Å². The van der Waals surface area contributed by atoms with E-state index in [2.05, 4.69) is 10.6 Å². The lowest BCUT2D eigenvalue weighted by atomic mass is 10.2. The Kier molecular flexibility index (Phi) is 5.80. The van der Waals surface area contributed by atoms with Gasteiger partial charge in [0.15, 0.2) is 0 Å². The number of hydrogen-bond acceptors (Lipinski definition) is 4. The highest BCUT2D eigenvalue weighted by Gasteiger charge is 2.08. The summed E-state index contributed by atoms with van der Waals surface area (Å²) in [6, 6.07) is 11.4. The van der Waals surface area contributed by atoms with Gasteiger partial charge in [-0.3, -0.25) is 4.79 Å². The average molecular weight is 318 g/mol. The molecule has 2 rings (SSSR count). The number of nitrogens with one attached hydrogen (secondary N) is 2. The maximum atomic E-state index is 13.5. The highest BCUT2D eigenvalue weighted by molar-refractivity contribution is 5.91. The summed E-state index contributed by atoms with van der Waals surface area (Å²) in [5, 5.41) is 5.65. The molecule has 5 nitrogen and oxygen atoms in total. The van der Waals surface area contributed by atoms with Gasteiger partial charge in [-0.25, -0.2) is 4.39 Å². The predicted octanol–water partition coefficient (Wildman–Crippen LogP) is 3.28. The zero-order chi connectivity index (χ0) is 16.7. The maximum Gasteiger partial charge on any atom is 0.226 e. The molecular weight excluding hydrogens is 299 g/mol. The number of para-hydroxylation sites is 1. The molecule has 2 aromatic carbocycles. The molecule has 0 aliphatic heterocycles. The minimum Gasteiger partial charge on any atom is -0.497 e. The number of rotatable bonds is 7. The average Bonchev–Trinajstić information content (AvgIpc) is 2.57. The van der Waals surface area contributed by atoms with Crippen LogP contribution in [0.4, 0.5) is 15.8 Å². The molecule has 0 unspecified atom stereocenters. The third kappa shape index (κ3) is 4.60. The lowest BCUT2D eigenvalue weighted by molar-refractivity contribution is -0.116. The molecular formula is C17H19FN2O3. The third-order valence-electron chi connectivity index (χ3n) is 3.22. The van der Waals surface area contributed by atoms with E-state index in [0.717, 1.165) is 5.69 Å². The summed E-state index contributed by atoms with van der Waals surface area (Å²) in [6.45, 7) is 0.379. The van der Waals surface area contributed by atoms with Crippen LogP contribution >= 0.6 is 0 Å². The Bertz CT molecular complexity index is 677. The summed E-state index contributed by atoms with van der Waals surface area (Å²) in [4.78, 5) is 11.9. The first-order chi connectivity index (χ1) is 11.1. The molecule has 0 bridgehead atoms. The van der Waals surface area contributed by atoms with Gasteiger partial charge >= 0.3 is 0 Å². The second kappa shape index (κ2) is 8.03. The fraction of sp³-hybridized carbons (Fsp3) is 0.235. The van der Waals surface area contributed by atoms with Crippen LogP contribution in [-0.2, 0) is 4.79 Å². The van der Waals surface area contributed by atoms with Gasteiger partial charge in [-0.1, -0.05) is 12.1 Å². The van der Waals surface area contributed by atoms with E-state index in [9.17, 15) is 9.18 Å². The normalized spacial score (nSPS) is 10.0. The molecule has 0 saturated heterocycles. The van der Waals surface area contributed by atoms with Crippen molar-refractivity contribution in [3.63, 3.8) is 0 Å². The van der Waals surface area contributed by atoms with E-state index in [1.54, 1.807) is 44.6 Å². The lowest BCUT2D eigenvalue weighted by Gasteiger charge is -2.12. The van der Waals surface area contributed by atoms with E-state index in [1.165, 1.54) is 12.1 Å². The van der Waals surface area contributed by atoms with Crippen molar-refractivity contribution in [2.24, 2.45) is 0 Å². The SMILES string of the molecule is COc1ccc(OC)c(NCCC(=O)Nc2ccccc2F)c1. The fourth-order valence-corrected chi connectivity index (χ4v) is 2.04. The Morgan fingerprint density at radius 3 is 2.57 bits per heavy atom. The van der Waals surface area contributed by atoms with E-state index >= 15 is 0 Å². The molecule has 0 aliphatic rings. The van der Waals surface area contributed by atoms with Crippen LogP contribution in [0.2, 0.25) is 0 Å². The van der Waals surface area contributed by atoms with Gasteiger partial charge in [0.2, 0.25) is 5.91 Å².